The molecule has 0 radical (unpaired) electrons. The molecule has 0 saturated carbocycles. The lowest BCUT2D eigenvalue weighted by molar-refractivity contribution is -0.126. The number of nitrogens with one attached hydrogen (secondary N) is 2. The Kier molecular flexibility index (Phi) is 7.98. The number of hydrogen-bond acceptors (Lipinski definition) is 6. The maximum atomic E-state index is 12.9. The fourth-order valence-corrected chi connectivity index (χ4v) is 4.62. The van der Waals surface area contributed by atoms with Crippen molar-refractivity contribution >= 4 is 34.7 Å². The molecule has 1 aliphatic heterocycles. The highest BCUT2D eigenvalue weighted by Crippen LogP contribution is 2.21. The number of anilines is 1. The third-order valence-corrected chi connectivity index (χ3v) is 6.61. The monoisotopic (exact) mass is 477 g/mol. The lowest BCUT2D eigenvalue weighted by Gasteiger charge is -2.31. The quantitative estimate of drug-likeness (QED) is 0.484. The minimum Gasteiger partial charge on any atom is -0.356 e. The number of benzene rings is 2. The van der Waals surface area contributed by atoms with Gasteiger partial charge in [-0.1, -0.05) is 59.9 Å². The van der Waals surface area contributed by atoms with Crippen LogP contribution >= 0.6 is 11.3 Å². The molecule has 1 aromatic heterocycles. The molecule has 0 unspecified atom stereocenters. The van der Waals surface area contributed by atoms with Crippen molar-refractivity contribution < 1.29 is 14.4 Å². The van der Waals surface area contributed by atoms with E-state index >= 15 is 0 Å². The molecule has 4 rings (SSSR count). The molecule has 9 heteroatoms. The number of likely N-dealkylation sites (tertiary alicyclic amines) is 1. The number of aryl methyl sites for hydroxylation is 1. The van der Waals surface area contributed by atoms with Gasteiger partial charge in [0, 0.05) is 25.3 Å². The minimum atomic E-state index is -0.408. The normalized spacial score (nSPS) is 15.5. The second-order valence-electron chi connectivity index (χ2n) is 8.20. The van der Waals surface area contributed by atoms with E-state index < -0.39 is 5.91 Å². The first-order chi connectivity index (χ1) is 16.6. The van der Waals surface area contributed by atoms with E-state index in [0.717, 1.165) is 37.0 Å². The largest absolute Gasteiger partial charge is 0.356 e. The highest BCUT2D eigenvalue weighted by Gasteiger charge is 2.30. The van der Waals surface area contributed by atoms with Crippen molar-refractivity contribution in [1.29, 1.82) is 0 Å². The van der Waals surface area contributed by atoms with E-state index in [-0.39, 0.29) is 27.7 Å². The number of aromatic nitrogens is 2. The predicted molar refractivity (Wildman–Crippen MR) is 131 cm³/mol. The van der Waals surface area contributed by atoms with Crippen LogP contribution < -0.4 is 10.6 Å². The Hall–Kier alpha value is -3.59. The van der Waals surface area contributed by atoms with E-state index in [1.54, 1.807) is 17.0 Å². The van der Waals surface area contributed by atoms with Crippen LogP contribution in [0.2, 0.25) is 0 Å². The van der Waals surface area contributed by atoms with E-state index in [0.29, 0.717) is 25.3 Å². The average molecular weight is 478 g/mol. The highest BCUT2D eigenvalue weighted by atomic mass is 32.1. The van der Waals surface area contributed by atoms with E-state index in [1.165, 1.54) is 5.56 Å². The molecule has 0 bridgehead atoms. The van der Waals surface area contributed by atoms with Gasteiger partial charge in [0.15, 0.2) is 0 Å². The third kappa shape index (κ3) is 6.26. The summed E-state index contributed by atoms with van der Waals surface area (Å²) in [5.74, 6) is -0.971. The van der Waals surface area contributed by atoms with Crippen LogP contribution in [0.5, 0.6) is 0 Å². The molecule has 1 saturated heterocycles. The summed E-state index contributed by atoms with van der Waals surface area (Å²) >= 11 is 0.960. The molecular weight excluding hydrogens is 450 g/mol. The number of rotatable bonds is 8. The molecule has 3 amide bonds. The number of piperidine rings is 1. The van der Waals surface area contributed by atoms with E-state index in [9.17, 15) is 14.4 Å². The van der Waals surface area contributed by atoms with Gasteiger partial charge in [-0.15, -0.1) is 10.2 Å². The zero-order valence-electron chi connectivity index (χ0n) is 18.8. The van der Waals surface area contributed by atoms with Gasteiger partial charge in [-0.25, -0.2) is 0 Å². The van der Waals surface area contributed by atoms with Crippen molar-refractivity contribution in [3.63, 3.8) is 0 Å². The van der Waals surface area contributed by atoms with Gasteiger partial charge in [0.25, 0.3) is 11.8 Å². The standard InChI is InChI=1S/C25H27N5O3S/c31-21(26-15-7-11-18-9-3-1-4-10-18)19-12-8-16-30(17-19)25(33)24-29-28-23(34-24)22(32)27-20-13-5-2-6-14-20/h1-6,9-10,13-14,19H,7-8,11-12,15-17H2,(H,26,31)(H,27,32)/t19-/m1/s1. The first kappa shape index (κ1) is 23.6. The maximum absolute atomic E-state index is 12.9. The molecular formula is C25H27N5O3S. The van der Waals surface area contributed by atoms with Crippen LogP contribution in [-0.4, -0.2) is 52.5 Å². The van der Waals surface area contributed by atoms with Gasteiger partial charge in [-0.2, -0.15) is 0 Å². The first-order valence-electron chi connectivity index (χ1n) is 11.4. The zero-order valence-corrected chi connectivity index (χ0v) is 19.6. The second kappa shape index (κ2) is 11.5. The Labute approximate surface area is 202 Å². The Morgan fingerprint density at radius 2 is 1.68 bits per heavy atom. The molecule has 2 N–H and O–H groups in total. The van der Waals surface area contributed by atoms with Crippen LogP contribution in [0.1, 0.15) is 44.4 Å². The van der Waals surface area contributed by atoms with Gasteiger partial charge in [0.05, 0.1) is 5.92 Å². The Balaban J connectivity index is 1.26. The topological polar surface area (TPSA) is 104 Å². The van der Waals surface area contributed by atoms with E-state index in [1.807, 2.05) is 36.4 Å². The molecule has 3 aromatic rings. The molecule has 8 nitrogen and oxygen atoms in total. The van der Waals surface area contributed by atoms with Gasteiger partial charge < -0.3 is 15.5 Å². The van der Waals surface area contributed by atoms with Crippen molar-refractivity contribution in [3.05, 3.63) is 76.2 Å². The van der Waals surface area contributed by atoms with Gasteiger partial charge in [-0.3, -0.25) is 14.4 Å². The number of carbonyl (C=O) groups excluding carboxylic acids is 3. The summed E-state index contributed by atoms with van der Waals surface area (Å²) in [6.45, 7) is 1.50. The summed E-state index contributed by atoms with van der Waals surface area (Å²) in [4.78, 5) is 39.6. The zero-order chi connectivity index (χ0) is 23.8. The molecule has 2 heterocycles. The predicted octanol–water partition coefficient (Wildman–Crippen LogP) is 3.39. The van der Waals surface area contributed by atoms with Crippen LogP contribution in [-0.2, 0) is 11.2 Å². The van der Waals surface area contributed by atoms with E-state index in [2.05, 4.69) is 33.0 Å². The summed E-state index contributed by atoms with van der Waals surface area (Å²) in [6, 6.07) is 19.2. The summed E-state index contributed by atoms with van der Waals surface area (Å²) in [5, 5.41) is 13.8. The van der Waals surface area contributed by atoms with Gasteiger partial charge >= 0.3 is 0 Å². The van der Waals surface area contributed by atoms with Crippen LogP contribution in [0.25, 0.3) is 0 Å². The lowest BCUT2D eigenvalue weighted by Crippen LogP contribution is -2.45. The number of para-hydroxylation sites is 1. The average Bonchev–Trinajstić information content (AvgIpc) is 3.38. The van der Waals surface area contributed by atoms with Crippen molar-refractivity contribution in [1.82, 2.24) is 20.4 Å². The first-order valence-corrected chi connectivity index (χ1v) is 12.2. The maximum Gasteiger partial charge on any atom is 0.286 e. The van der Waals surface area contributed by atoms with Crippen LogP contribution in [0.4, 0.5) is 5.69 Å². The number of amides is 3. The second-order valence-corrected chi connectivity index (χ2v) is 9.18. The molecule has 1 fully saturated rings. The third-order valence-electron chi connectivity index (χ3n) is 5.70. The van der Waals surface area contributed by atoms with Crippen molar-refractivity contribution in [2.75, 3.05) is 25.0 Å². The van der Waals surface area contributed by atoms with E-state index in [4.69, 9.17) is 0 Å². The van der Waals surface area contributed by atoms with Crippen LogP contribution in [0.15, 0.2) is 60.7 Å². The molecule has 1 aliphatic rings. The van der Waals surface area contributed by atoms with Gasteiger partial charge in [0.1, 0.15) is 0 Å². The fourth-order valence-electron chi connectivity index (χ4n) is 3.91. The highest BCUT2D eigenvalue weighted by molar-refractivity contribution is 7.15. The molecule has 2 aromatic carbocycles. The van der Waals surface area contributed by atoms with Crippen LogP contribution in [0, 0.1) is 5.92 Å². The van der Waals surface area contributed by atoms with Crippen molar-refractivity contribution in [2.24, 2.45) is 5.92 Å². The molecule has 1 atom stereocenters. The smallest absolute Gasteiger partial charge is 0.286 e. The van der Waals surface area contributed by atoms with Crippen LogP contribution in [0.3, 0.4) is 0 Å². The number of carbonyl (C=O) groups is 3. The summed E-state index contributed by atoms with van der Waals surface area (Å²) in [7, 11) is 0. The molecule has 176 valence electrons. The number of nitrogens with zero attached hydrogens (tertiary/aromatic N) is 3. The number of hydrogen-bond donors (Lipinski definition) is 2. The fraction of sp³-hybridized carbons (Fsp3) is 0.320. The minimum absolute atomic E-state index is 0.0225. The molecule has 0 spiro atoms. The summed E-state index contributed by atoms with van der Waals surface area (Å²) < 4.78 is 0. The van der Waals surface area contributed by atoms with Crippen molar-refractivity contribution in [3.8, 4) is 0 Å². The van der Waals surface area contributed by atoms with Gasteiger partial charge in [-0.05, 0) is 43.4 Å². The molecule has 34 heavy (non-hydrogen) atoms. The molecule has 0 aliphatic carbocycles. The lowest BCUT2D eigenvalue weighted by atomic mass is 9.97. The summed E-state index contributed by atoms with van der Waals surface area (Å²) in [5.41, 5.74) is 1.89. The van der Waals surface area contributed by atoms with Crippen molar-refractivity contribution in [2.45, 2.75) is 25.7 Å². The Morgan fingerprint density at radius 3 is 2.44 bits per heavy atom. The Morgan fingerprint density at radius 1 is 0.971 bits per heavy atom. The SMILES string of the molecule is O=C(Nc1ccccc1)c1nnc(C(=O)N2CCC[C@@H](C(=O)NCCCc3ccccc3)C2)s1. The summed E-state index contributed by atoms with van der Waals surface area (Å²) in [6.07, 6.45) is 3.26. The Bertz CT molecular complexity index is 1120. The van der Waals surface area contributed by atoms with Gasteiger partial charge in [0.2, 0.25) is 15.9 Å².